The van der Waals surface area contributed by atoms with Crippen LogP contribution in [-0.2, 0) is 4.79 Å². The largest absolute Gasteiger partial charge is 0.484 e. The van der Waals surface area contributed by atoms with Gasteiger partial charge >= 0.3 is 6.18 Å². The molecule has 1 aliphatic heterocycles. The molecule has 0 bridgehead atoms. The maximum absolute atomic E-state index is 12.7. The number of nitrogens with zero attached hydrogens (tertiary/aromatic N) is 2. The van der Waals surface area contributed by atoms with E-state index in [1.807, 2.05) is 0 Å². The number of alkyl halides is 3. The number of nitro benzene ring substituents is 1. The van der Waals surface area contributed by atoms with Crippen molar-refractivity contribution in [2.24, 2.45) is 5.92 Å². The first kappa shape index (κ1) is 20.5. The highest BCUT2D eigenvalue weighted by atomic mass is 19.4. The summed E-state index contributed by atoms with van der Waals surface area (Å²) in [6.07, 6.45) is -3.79. The molecule has 0 unspecified atom stereocenters. The Bertz CT molecular complexity index is 731. The monoisotopic (exact) mass is 389 g/mol. The maximum Gasteiger partial charge on any atom is 0.422 e. The summed E-state index contributed by atoms with van der Waals surface area (Å²) in [5.74, 6) is -1.37. The predicted octanol–water partition coefficient (Wildman–Crippen LogP) is 2.13. The quantitative estimate of drug-likeness (QED) is 0.614. The first-order chi connectivity index (χ1) is 12.6. The van der Waals surface area contributed by atoms with Gasteiger partial charge in [-0.3, -0.25) is 19.7 Å². The van der Waals surface area contributed by atoms with E-state index < -0.39 is 29.3 Å². The smallest absolute Gasteiger partial charge is 0.422 e. The van der Waals surface area contributed by atoms with E-state index >= 15 is 0 Å². The summed E-state index contributed by atoms with van der Waals surface area (Å²) in [5.41, 5.74) is -0.870. The van der Waals surface area contributed by atoms with Crippen LogP contribution in [0.5, 0.6) is 5.75 Å². The van der Waals surface area contributed by atoms with Gasteiger partial charge in [0.2, 0.25) is 5.91 Å². The molecule has 0 aromatic heterocycles. The van der Waals surface area contributed by atoms with Crippen molar-refractivity contribution in [1.82, 2.24) is 10.2 Å². The standard InChI is InChI=1S/C16H18F3N3O5/c1-20-14(23)10-4-6-21(7-5-10)15(24)12-8-11(27-9-16(17,18)19)2-3-13(12)22(25)26/h2-3,8,10H,4-7,9H2,1H3,(H,20,23). The number of nitrogens with one attached hydrogen (secondary N) is 1. The van der Waals surface area contributed by atoms with Crippen molar-refractivity contribution in [3.05, 3.63) is 33.9 Å². The Morgan fingerprint density at radius 1 is 1.33 bits per heavy atom. The van der Waals surface area contributed by atoms with Crippen LogP contribution >= 0.6 is 0 Å². The van der Waals surface area contributed by atoms with Crippen molar-refractivity contribution >= 4 is 17.5 Å². The first-order valence-corrected chi connectivity index (χ1v) is 8.11. The average molecular weight is 389 g/mol. The van der Waals surface area contributed by atoms with Crippen molar-refractivity contribution in [2.75, 3.05) is 26.7 Å². The first-order valence-electron chi connectivity index (χ1n) is 8.11. The molecule has 1 fully saturated rings. The molecule has 0 radical (unpaired) electrons. The van der Waals surface area contributed by atoms with Crippen LogP contribution in [0.2, 0.25) is 0 Å². The molecule has 148 valence electrons. The molecule has 8 nitrogen and oxygen atoms in total. The number of amides is 2. The summed E-state index contributed by atoms with van der Waals surface area (Å²) in [6.45, 7) is -1.15. The van der Waals surface area contributed by atoms with Crippen LogP contribution in [0.4, 0.5) is 18.9 Å². The second kappa shape index (κ2) is 8.23. The average Bonchev–Trinajstić information content (AvgIpc) is 2.64. The zero-order chi connectivity index (χ0) is 20.2. The molecule has 1 aromatic rings. The van der Waals surface area contributed by atoms with E-state index in [2.05, 4.69) is 10.1 Å². The number of benzene rings is 1. The summed E-state index contributed by atoms with van der Waals surface area (Å²) in [4.78, 5) is 36.1. The molecule has 0 aliphatic carbocycles. The number of hydrogen-bond acceptors (Lipinski definition) is 5. The van der Waals surface area contributed by atoms with Gasteiger partial charge in [-0.05, 0) is 25.0 Å². The Labute approximate surface area is 152 Å². The number of nitro groups is 1. The van der Waals surface area contributed by atoms with Gasteiger partial charge < -0.3 is 15.0 Å². The third-order valence-electron chi connectivity index (χ3n) is 4.20. The third kappa shape index (κ3) is 5.31. The molecule has 27 heavy (non-hydrogen) atoms. The van der Waals surface area contributed by atoms with E-state index in [0.717, 1.165) is 18.2 Å². The molecule has 1 N–H and O–H groups in total. The lowest BCUT2D eigenvalue weighted by Gasteiger charge is -2.31. The lowest BCUT2D eigenvalue weighted by Crippen LogP contribution is -2.42. The molecule has 1 aromatic carbocycles. The second-order valence-corrected chi connectivity index (χ2v) is 6.02. The van der Waals surface area contributed by atoms with Gasteiger partial charge in [-0.2, -0.15) is 13.2 Å². The second-order valence-electron chi connectivity index (χ2n) is 6.02. The highest BCUT2D eigenvalue weighted by molar-refractivity contribution is 5.98. The molecule has 2 amide bonds. The maximum atomic E-state index is 12.7. The van der Waals surface area contributed by atoms with Crippen LogP contribution in [0.3, 0.4) is 0 Å². The number of carbonyl (C=O) groups is 2. The van der Waals surface area contributed by atoms with Crippen LogP contribution in [0.25, 0.3) is 0 Å². The summed E-state index contributed by atoms with van der Waals surface area (Å²) in [6, 6.07) is 2.89. The summed E-state index contributed by atoms with van der Waals surface area (Å²) in [5, 5.41) is 13.7. The Morgan fingerprint density at radius 3 is 2.48 bits per heavy atom. The lowest BCUT2D eigenvalue weighted by molar-refractivity contribution is -0.385. The molecule has 0 atom stereocenters. The number of likely N-dealkylation sites (tertiary alicyclic amines) is 1. The summed E-state index contributed by atoms with van der Waals surface area (Å²) < 4.78 is 41.4. The predicted molar refractivity (Wildman–Crippen MR) is 87.3 cm³/mol. The van der Waals surface area contributed by atoms with E-state index in [9.17, 15) is 32.9 Å². The van der Waals surface area contributed by atoms with Crippen molar-refractivity contribution in [1.29, 1.82) is 0 Å². The fourth-order valence-electron chi connectivity index (χ4n) is 2.82. The normalized spacial score (nSPS) is 15.3. The topological polar surface area (TPSA) is 102 Å². The number of halogens is 3. The number of hydrogen-bond donors (Lipinski definition) is 1. The third-order valence-corrected chi connectivity index (χ3v) is 4.20. The molecule has 1 saturated heterocycles. The molecule has 1 heterocycles. The van der Waals surface area contributed by atoms with Crippen molar-refractivity contribution in [3.8, 4) is 5.75 Å². The van der Waals surface area contributed by atoms with Crippen LogP contribution in [0.15, 0.2) is 18.2 Å². The van der Waals surface area contributed by atoms with Gasteiger partial charge in [0, 0.05) is 32.1 Å². The number of ether oxygens (including phenoxy) is 1. The summed E-state index contributed by atoms with van der Waals surface area (Å²) in [7, 11) is 1.51. The van der Waals surface area contributed by atoms with Gasteiger partial charge in [0.25, 0.3) is 11.6 Å². The van der Waals surface area contributed by atoms with Gasteiger partial charge in [0.15, 0.2) is 6.61 Å². The molecule has 11 heteroatoms. The summed E-state index contributed by atoms with van der Waals surface area (Å²) >= 11 is 0. The number of rotatable bonds is 5. The van der Waals surface area contributed by atoms with Gasteiger partial charge in [-0.15, -0.1) is 0 Å². The van der Waals surface area contributed by atoms with Gasteiger partial charge in [-0.25, -0.2) is 0 Å². The Balaban J connectivity index is 2.18. The van der Waals surface area contributed by atoms with Crippen LogP contribution in [-0.4, -0.2) is 54.6 Å². The van der Waals surface area contributed by atoms with Crippen molar-refractivity contribution in [3.63, 3.8) is 0 Å². The molecule has 2 rings (SSSR count). The van der Waals surface area contributed by atoms with Crippen molar-refractivity contribution < 1.29 is 32.4 Å². The SMILES string of the molecule is CNC(=O)C1CCN(C(=O)c2cc(OCC(F)(F)F)ccc2[N+](=O)[O-])CC1. The number of piperidine rings is 1. The molecule has 0 spiro atoms. The van der Waals surface area contributed by atoms with Gasteiger partial charge in [0.1, 0.15) is 11.3 Å². The highest BCUT2D eigenvalue weighted by Gasteiger charge is 2.32. The van der Waals surface area contributed by atoms with Crippen LogP contribution < -0.4 is 10.1 Å². The zero-order valence-electron chi connectivity index (χ0n) is 14.4. The van der Waals surface area contributed by atoms with E-state index in [1.54, 1.807) is 0 Å². The fourth-order valence-corrected chi connectivity index (χ4v) is 2.82. The Kier molecular flexibility index (Phi) is 6.24. The lowest BCUT2D eigenvalue weighted by atomic mass is 9.95. The van der Waals surface area contributed by atoms with Crippen molar-refractivity contribution in [2.45, 2.75) is 19.0 Å². The minimum atomic E-state index is -4.58. The number of carbonyl (C=O) groups excluding carboxylic acids is 2. The highest BCUT2D eigenvalue weighted by Crippen LogP contribution is 2.28. The van der Waals surface area contributed by atoms with Gasteiger partial charge in [0.05, 0.1) is 4.92 Å². The van der Waals surface area contributed by atoms with E-state index in [-0.39, 0.29) is 36.2 Å². The molecule has 0 saturated carbocycles. The molecular weight excluding hydrogens is 371 g/mol. The van der Waals surface area contributed by atoms with E-state index in [1.165, 1.54) is 11.9 Å². The fraction of sp³-hybridized carbons (Fsp3) is 0.500. The Hall–Kier alpha value is -2.85. The molecular formula is C16H18F3N3O5. The van der Waals surface area contributed by atoms with E-state index in [0.29, 0.717) is 12.8 Å². The van der Waals surface area contributed by atoms with Crippen LogP contribution in [0.1, 0.15) is 23.2 Å². The minimum absolute atomic E-state index is 0.143. The van der Waals surface area contributed by atoms with E-state index in [4.69, 9.17) is 0 Å². The molecule has 1 aliphatic rings. The minimum Gasteiger partial charge on any atom is -0.484 e. The van der Waals surface area contributed by atoms with Crippen LogP contribution in [0, 0.1) is 16.0 Å². The van der Waals surface area contributed by atoms with Gasteiger partial charge in [-0.1, -0.05) is 0 Å². The zero-order valence-corrected chi connectivity index (χ0v) is 14.4. The Morgan fingerprint density at radius 2 is 1.96 bits per heavy atom.